The van der Waals surface area contributed by atoms with Gasteiger partial charge in [0.25, 0.3) is 5.91 Å². The first-order valence-electron chi connectivity index (χ1n) is 7.40. The molecule has 7 nitrogen and oxygen atoms in total. The molecular formula is C17H13N5O2. The van der Waals surface area contributed by atoms with Gasteiger partial charge in [-0.3, -0.25) is 9.20 Å². The molecule has 24 heavy (non-hydrogen) atoms. The number of nitrogens with one attached hydrogen (secondary N) is 1. The number of carbonyl (C=O) groups excluding carboxylic acids is 1. The van der Waals surface area contributed by atoms with E-state index in [4.69, 9.17) is 4.52 Å². The zero-order valence-corrected chi connectivity index (χ0v) is 12.6. The highest BCUT2D eigenvalue weighted by Crippen LogP contribution is 2.19. The van der Waals surface area contributed by atoms with E-state index in [2.05, 4.69) is 20.7 Å². The molecule has 0 unspecified atom stereocenters. The van der Waals surface area contributed by atoms with Crippen molar-refractivity contribution < 1.29 is 9.32 Å². The van der Waals surface area contributed by atoms with E-state index in [1.54, 1.807) is 6.07 Å². The number of hydrogen-bond donors (Lipinski definition) is 1. The zero-order chi connectivity index (χ0) is 16.4. The van der Waals surface area contributed by atoms with Crippen LogP contribution in [0.4, 0.5) is 0 Å². The summed E-state index contributed by atoms with van der Waals surface area (Å²) in [5.74, 6) is 0.869. The Morgan fingerprint density at radius 3 is 2.79 bits per heavy atom. The van der Waals surface area contributed by atoms with Crippen LogP contribution in [0.15, 0.2) is 65.3 Å². The lowest BCUT2D eigenvalue weighted by Gasteiger charge is -2.01. The Morgan fingerprint density at radius 2 is 1.92 bits per heavy atom. The van der Waals surface area contributed by atoms with Crippen molar-refractivity contribution in [3.05, 3.63) is 72.3 Å². The van der Waals surface area contributed by atoms with E-state index in [1.807, 2.05) is 59.1 Å². The van der Waals surface area contributed by atoms with Crippen LogP contribution in [0.25, 0.3) is 17.0 Å². The summed E-state index contributed by atoms with van der Waals surface area (Å²) in [6, 6.07) is 16.7. The van der Waals surface area contributed by atoms with Gasteiger partial charge in [0.1, 0.15) is 0 Å². The summed E-state index contributed by atoms with van der Waals surface area (Å²) in [4.78, 5) is 12.2. The van der Waals surface area contributed by atoms with Gasteiger partial charge in [-0.15, -0.1) is 10.2 Å². The predicted octanol–water partition coefficient (Wildman–Crippen LogP) is 2.31. The van der Waals surface area contributed by atoms with Gasteiger partial charge in [0.15, 0.2) is 22.9 Å². The molecule has 0 radical (unpaired) electrons. The quantitative estimate of drug-likeness (QED) is 0.624. The van der Waals surface area contributed by atoms with Crippen LogP contribution in [0.2, 0.25) is 0 Å². The number of amides is 1. The Hall–Kier alpha value is -3.48. The van der Waals surface area contributed by atoms with Crippen LogP contribution >= 0.6 is 0 Å². The Bertz CT molecular complexity index is 990. The van der Waals surface area contributed by atoms with Crippen LogP contribution in [0.5, 0.6) is 0 Å². The fourth-order valence-electron chi connectivity index (χ4n) is 2.38. The molecule has 1 N–H and O–H groups in total. The maximum absolute atomic E-state index is 12.2. The maximum Gasteiger partial charge on any atom is 0.273 e. The van der Waals surface area contributed by atoms with Crippen molar-refractivity contribution in [1.82, 2.24) is 25.1 Å². The molecule has 0 aliphatic rings. The summed E-state index contributed by atoms with van der Waals surface area (Å²) in [6.07, 6.45) is 1.85. The average molecular weight is 319 g/mol. The van der Waals surface area contributed by atoms with Crippen molar-refractivity contribution in [2.24, 2.45) is 0 Å². The van der Waals surface area contributed by atoms with Crippen molar-refractivity contribution in [2.75, 3.05) is 0 Å². The van der Waals surface area contributed by atoms with Crippen molar-refractivity contribution >= 4 is 11.6 Å². The first-order chi connectivity index (χ1) is 11.8. The zero-order valence-electron chi connectivity index (χ0n) is 12.6. The first kappa shape index (κ1) is 14.1. The van der Waals surface area contributed by atoms with Crippen LogP contribution in [0.1, 0.15) is 16.3 Å². The van der Waals surface area contributed by atoms with Gasteiger partial charge in [-0.2, -0.15) is 0 Å². The summed E-state index contributed by atoms with van der Waals surface area (Å²) in [5.41, 5.74) is 1.82. The van der Waals surface area contributed by atoms with Crippen molar-refractivity contribution in [3.63, 3.8) is 0 Å². The van der Waals surface area contributed by atoms with Crippen LogP contribution in [-0.2, 0) is 6.54 Å². The minimum atomic E-state index is -0.325. The second kappa shape index (κ2) is 5.96. The molecule has 1 aromatic carbocycles. The molecule has 0 bridgehead atoms. The monoisotopic (exact) mass is 319 g/mol. The molecule has 3 aromatic heterocycles. The normalized spacial score (nSPS) is 10.8. The van der Waals surface area contributed by atoms with Crippen LogP contribution in [-0.4, -0.2) is 25.7 Å². The van der Waals surface area contributed by atoms with Gasteiger partial charge >= 0.3 is 0 Å². The lowest BCUT2D eigenvalue weighted by atomic mass is 10.1. The van der Waals surface area contributed by atoms with E-state index in [0.717, 1.165) is 11.2 Å². The molecule has 0 atom stereocenters. The van der Waals surface area contributed by atoms with Crippen LogP contribution in [0, 0.1) is 0 Å². The van der Waals surface area contributed by atoms with E-state index in [-0.39, 0.29) is 18.1 Å². The van der Waals surface area contributed by atoms with E-state index in [1.165, 1.54) is 0 Å². The number of rotatable bonds is 4. The van der Waals surface area contributed by atoms with Gasteiger partial charge < -0.3 is 9.84 Å². The molecule has 7 heteroatoms. The molecule has 1 amide bonds. The molecule has 0 fully saturated rings. The Balaban J connectivity index is 1.48. The molecule has 0 aliphatic carbocycles. The molecule has 118 valence electrons. The molecular weight excluding hydrogens is 306 g/mol. The van der Waals surface area contributed by atoms with Crippen LogP contribution < -0.4 is 5.32 Å². The van der Waals surface area contributed by atoms with Gasteiger partial charge in [0.05, 0.1) is 6.54 Å². The van der Waals surface area contributed by atoms with E-state index in [0.29, 0.717) is 11.6 Å². The van der Waals surface area contributed by atoms with Crippen molar-refractivity contribution in [1.29, 1.82) is 0 Å². The third kappa shape index (κ3) is 2.63. The first-order valence-corrected chi connectivity index (χ1v) is 7.40. The Kier molecular flexibility index (Phi) is 3.51. The summed E-state index contributed by atoms with van der Waals surface area (Å²) in [5, 5.41) is 14.7. The predicted molar refractivity (Wildman–Crippen MR) is 86.1 cm³/mol. The minimum absolute atomic E-state index is 0.225. The van der Waals surface area contributed by atoms with Gasteiger partial charge in [-0.1, -0.05) is 41.6 Å². The molecule has 4 aromatic rings. The maximum atomic E-state index is 12.2. The largest absolute Gasteiger partial charge is 0.355 e. The number of nitrogens with zero attached hydrogens (tertiary/aromatic N) is 4. The second-order valence-electron chi connectivity index (χ2n) is 5.17. The Morgan fingerprint density at radius 1 is 1.08 bits per heavy atom. The number of aromatic nitrogens is 4. The van der Waals surface area contributed by atoms with Gasteiger partial charge in [-0.25, -0.2) is 0 Å². The van der Waals surface area contributed by atoms with Gasteiger partial charge in [0, 0.05) is 17.8 Å². The molecule has 0 spiro atoms. The Labute approximate surface area is 136 Å². The number of benzene rings is 1. The molecule has 0 saturated heterocycles. The number of hydrogen-bond acceptors (Lipinski definition) is 5. The summed E-state index contributed by atoms with van der Waals surface area (Å²) < 4.78 is 7.05. The fraction of sp³-hybridized carbons (Fsp3) is 0.0588. The topological polar surface area (TPSA) is 85.3 Å². The summed E-state index contributed by atoms with van der Waals surface area (Å²) in [7, 11) is 0. The summed E-state index contributed by atoms with van der Waals surface area (Å²) in [6.45, 7) is 0.248. The number of pyridine rings is 1. The van der Waals surface area contributed by atoms with E-state index in [9.17, 15) is 4.79 Å². The summed E-state index contributed by atoms with van der Waals surface area (Å²) >= 11 is 0. The number of fused-ring (bicyclic) bond motifs is 1. The third-order valence-corrected chi connectivity index (χ3v) is 3.59. The number of carbonyl (C=O) groups is 1. The molecule has 3 heterocycles. The van der Waals surface area contributed by atoms with Gasteiger partial charge in [-0.05, 0) is 12.1 Å². The smallest absolute Gasteiger partial charge is 0.273 e. The highest BCUT2D eigenvalue weighted by molar-refractivity contribution is 5.93. The second-order valence-corrected chi connectivity index (χ2v) is 5.17. The SMILES string of the molecule is O=C(NCc1nnc2ccccn12)c1cc(-c2ccccc2)on1. The average Bonchev–Trinajstić information content (AvgIpc) is 3.28. The van der Waals surface area contributed by atoms with E-state index < -0.39 is 0 Å². The van der Waals surface area contributed by atoms with E-state index >= 15 is 0 Å². The van der Waals surface area contributed by atoms with Gasteiger partial charge in [0.2, 0.25) is 0 Å². The van der Waals surface area contributed by atoms with Crippen molar-refractivity contribution in [2.45, 2.75) is 6.54 Å². The lowest BCUT2D eigenvalue weighted by Crippen LogP contribution is -2.24. The molecule has 4 rings (SSSR count). The highest BCUT2D eigenvalue weighted by Gasteiger charge is 2.14. The molecule has 0 aliphatic heterocycles. The van der Waals surface area contributed by atoms with Crippen LogP contribution in [0.3, 0.4) is 0 Å². The fourth-order valence-corrected chi connectivity index (χ4v) is 2.38. The minimum Gasteiger partial charge on any atom is -0.355 e. The highest BCUT2D eigenvalue weighted by atomic mass is 16.5. The lowest BCUT2D eigenvalue weighted by molar-refractivity contribution is 0.0941. The standard InChI is InChI=1S/C17H13N5O2/c23-17(13-10-14(24-21-13)12-6-2-1-3-7-12)18-11-16-20-19-15-8-4-5-9-22(15)16/h1-10H,11H2,(H,18,23). The third-order valence-electron chi connectivity index (χ3n) is 3.59. The molecule has 0 saturated carbocycles. The van der Waals surface area contributed by atoms with Crippen molar-refractivity contribution in [3.8, 4) is 11.3 Å².